The summed E-state index contributed by atoms with van der Waals surface area (Å²) in [5.74, 6) is -1.02. The van der Waals surface area contributed by atoms with Gasteiger partial charge in [-0.1, -0.05) is 65.2 Å². The molecule has 0 heterocycles. The van der Waals surface area contributed by atoms with Crippen LogP contribution in [0.4, 0.5) is 0 Å². The largest absolute Gasteiger partial charge is 0.481 e. The number of thiol groups is 1. The van der Waals surface area contributed by atoms with Crippen LogP contribution in [0.15, 0.2) is 0 Å². The third kappa shape index (κ3) is 88.1. The second-order valence-electron chi connectivity index (χ2n) is 32.8. The molecular formula is C87H178O51S. The van der Waals surface area contributed by atoms with E-state index in [0.29, 0.717) is 12.2 Å². The summed E-state index contributed by atoms with van der Waals surface area (Å²) in [4.78, 5) is 19.8. The number of aliphatic carboxylic acids is 2. The number of ether oxygens (including phenoxy) is 22. The molecule has 139 heavy (non-hydrogen) atoms. The van der Waals surface area contributed by atoms with Crippen LogP contribution in [0.5, 0.6) is 0 Å². The predicted octanol–water partition coefficient (Wildman–Crippen LogP) is -9.71. The second-order valence-corrected chi connectivity index (χ2v) is 33.3. The smallest absolute Gasteiger partial charge is 0.304 e. The number of hydrogen-bond donors (Lipinski definition) is 28. The average molecular weight is 2070 g/mol. The molecule has 0 aromatic heterocycles. The summed E-state index contributed by atoms with van der Waals surface area (Å²) < 4.78 is 140. The minimum absolute atomic E-state index is 0.156. The molecule has 0 aromatic rings. The number of carbonyl (C=O) groups is 2. The van der Waals surface area contributed by atoms with Crippen molar-refractivity contribution >= 4 is 24.6 Å². The average Bonchev–Trinajstić information content (AvgIpc) is 0.864. The van der Waals surface area contributed by atoms with Gasteiger partial charge >= 0.3 is 11.9 Å². The molecular weight excluding hydrogens is 1890 g/mol. The summed E-state index contributed by atoms with van der Waals surface area (Å²) in [7, 11) is 0. The number of aliphatic hydroxyl groups excluding tert-OH is 25. The highest BCUT2D eigenvalue weighted by Gasteiger charge is 2.34. The normalized spacial score (nSPS) is 17.3. The standard InChI is InChI=1S/C72H146O47.C12H24O2.C3H6O2S.H2/c1-2-72(47-107-41-67(117-44-64(15-85)112-25-56(92)9-79)32-102-21-60(96)20-98-16-50(86)3-73,48-108-42-68(118-45-70(115-28-59(95)12-82)39-100-18-52(88)5-75)37-105-35-65(113-26-57(93)10-80)33-103-30-62(13-83)110-23-54(90)7-77)49-109-43-69(119-46-71(40-101-19-53(89)6-76)116-29-61(97)22-99-17-51(87)4-74)38-106-36-66(114-27-58(94)11-81)34-104-31-63(14-84)111-24-55(91)8-78;1-2-3-4-5-6-7-8-9-10-11-12(13)14;4-3(5)1-2-6;/h50-71,73-97H,2-49H2,1H3;2-11H2,1H3,(H,13,14);6H,1-2H2,(H,4,5);1H/i;;;1+1D. The first-order chi connectivity index (χ1) is 67.8. The van der Waals surface area contributed by atoms with Crippen molar-refractivity contribution in [2.45, 2.75) is 225 Å². The quantitative estimate of drug-likeness (QED) is 0.0199. The molecule has 0 amide bonds. The Morgan fingerprint density at radius 1 is 0.223 bits per heavy atom. The fourth-order valence-corrected chi connectivity index (χ4v) is 11.1. The Morgan fingerprint density at radius 3 is 0.626 bits per heavy atom. The Hall–Kier alpha value is -2.59. The van der Waals surface area contributed by atoms with Gasteiger partial charge in [0, 0.05) is 20.6 Å². The van der Waals surface area contributed by atoms with E-state index in [9.17, 15) is 137 Å². The molecule has 0 fully saturated rings. The lowest BCUT2D eigenvalue weighted by molar-refractivity contribution is -0.156. The molecule has 838 valence electrons. The topological polar surface area (TPSA) is 783 Å². The Kier molecular flexibility index (Phi) is 98.3. The summed E-state index contributed by atoms with van der Waals surface area (Å²) in [5, 5.41) is 262. The number of unbranched alkanes of at least 4 members (excludes halogenated alkanes) is 8. The molecule has 52 heteroatoms. The third-order valence-corrected chi connectivity index (χ3v) is 19.4. The van der Waals surface area contributed by atoms with Gasteiger partial charge in [0.15, 0.2) is 0 Å². The zero-order chi connectivity index (χ0) is 106. The molecule has 0 spiro atoms. The Morgan fingerprint density at radius 2 is 0.396 bits per heavy atom. The minimum atomic E-state index is -1.35. The van der Waals surface area contributed by atoms with Crippen LogP contribution in [0.2, 0.25) is 0 Å². The number of rotatable bonds is 104. The van der Waals surface area contributed by atoms with Crippen molar-refractivity contribution in [3.05, 3.63) is 0 Å². The predicted molar refractivity (Wildman–Crippen MR) is 492 cm³/mol. The van der Waals surface area contributed by atoms with Crippen molar-refractivity contribution in [2.24, 2.45) is 5.41 Å². The van der Waals surface area contributed by atoms with E-state index in [2.05, 4.69) is 19.6 Å². The fourth-order valence-electron chi connectivity index (χ4n) is 10.9. The Balaban J connectivity index is -0.00000377. The second kappa shape index (κ2) is 98.7. The van der Waals surface area contributed by atoms with E-state index < -0.39 is 271 Å². The van der Waals surface area contributed by atoms with Crippen molar-refractivity contribution in [3.63, 3.8) is 0 Å². The Labute approximate surface area is 823 Å². The Bertz CT molecular complexity index is 2600. The van der Waals surface area contributed by atoms with E-state index in [-0.39, 0.29) is 204 Å². The molecule has 23 atom stereocenters. The number of carboxylic acid groups (broad SMARTS) is 2. The van der Waals surface area contributed by atoms with Crippen LogP contribution in [0.1, 0.15) is 93.9 Å². The first kappa shape index (κ1) is 138. The van der Waals surface area contributed by atoms with E-state index >= 15 is 0 Å². The van der Waals surface area contributed by atoms with E-state index in [1.54, 1.807) is 6.92 Å². The molecule has 0 aliphatic rings. The highest BCUT2D eigenvalue weighted by Crippen LogP contribution is 2.26. The summed E-state index contributed by atoms with van der Waals surface area (Å²) in [6.45, 7) is -15.4. The maximum absolute atomic E-state index is 10.8. The fraction of sp³-hybridized carbons (Fsp3) is 0.977. The monoisotopic (exact) mass is 2070 g/mol. The van der Waals surface area contributed by atoms with Gasteiger partial charge in [-0.2, -0.15) is 12.6 Å². The lowest BCUT2D eigenvalue weighted by Crippen LogP contribution is -2.42. The van der Waals surface area contributed by atoms with Crippen LogP contribution in [0.3, 0.4) is 0 Å². The minimum Gasteiger partial charge on any atom is -0.481 e. The van der Waals surface area contributed by atoms with Gasteiger partial charge in [-0.25, -0.2) is 0 Å². The van der Waals surface area contributed by atoms with E-state index in [1.165, 1.54) is 44.9 Å². The van der Waals surface area contributed by atoms with Crippen LogP contribution in [-0.2, 0) is 114 Å². The SMILES string of the molecule is CCC(COCC(COCC(O)COCC(O)CO)OCC(CO)OCC(O)CO)(COCC(COCC(COCC(CO)OCC(O)CO)OCC(O)CO)OCC(COCC(O)CO)OCC(O)CO)COCC(COCC(COCC(CO)OCC(O)CO)OCC(O)CO)OCC(COCC(O)CO)OCC(O)COCC(O)CO.CCCCCCCCCCCC(=O)O.O=C(O)CCS.[2H][2H]. The van der Waals surface area contributed by atoms with Gasteiger partial charge in [-0.05, 0) is 12.8 Å². The van der Waals surface area contributed by atoms with E-state index in [0.717, 1.165) is 12.8 Å². The van der Waals surface area contributed by atoms with Crippen LogP contribution in [0, 0.1) is 5.41 Å². The summed E-state index contributed by atoms with van der Waals surface area (Å²) in [6, 6.07) is 0. The van der Waals surface area contributed by atoms with Gasteiger partial charge in [0.25, 0.3) is 0 Å². The molecule has 0 aromatic carbocycles. The zero-order valence-electron chi connectivity index (χ0n) is 82.9. The van der Waals surface area contributed by atoms with Gasteiger partial charge in [-0.3, -0.25) is 9.59 Å². The molecule has 27 N–H and O–H groups in total. The molecule has 0 bridgehead atoms. The summed E-state index contributed by atoms with van der Waals surface area (Å²) >= 11 is 3.68. The van der Waals surface area contributed by atoms with Gasteiger partial charge in [-0.15, -0.1) is 0 Å². The third-order valence-electron chi connectivity index (χ3n) is 19.2. The number of aliphatic hydroxyl groups is 25. The van der Waals surface area contributed by atoms with Crippen molar-refractivity contribution in [2.75, 3.05) is 316 Å². The van der Waals surface area contributed by atoms with Crippen molar-refractivity contribution in [1.82, 2.24) is 0 Å². The van der Waals surface area contributed by atoms with Gasteiger partial charge in [0.05, 0.1) is 317 Å². The lowest BCUT2D eigenvalue weighted by Gasteiger charge is -2.34. The van der Waals surface area contributed by atoms with Crippen LogP contribution in [0.25, 0.3) is 0 Å². The summed E-state index contributed by atoms with van der Waals surface area (Å²) in [5.41, 5.74) is -1.25. The molecule has 0 aliphatic carbocycles. The zero-order valence-corrected chi connectivity index (χ0v) is 81.8. The molecule has 51 nitrogen and oxygen atoms in total. The molecule has 23 unspecified atom stereocenters. The molecule has 0 saturated carbocycles. The van der Waals surface area contributed by atoms with Crippen LogP contribution in [-0.4, -0.2) is 600 Å². The van der Waals surface area contributed by atoms with Gasteiger partial charge < -0.3 is 242 Å². The number of carboxylic acids is 2. The highest BCUT2D eigenvalue weighted by molar-refractivity contribution is 7.80. The maximum atomic E-state index is 10.8. The summed E-state index contributed by atoms with van der Waals surface area (Å²) in [6.07, 6.45) is -14.0. The van der Waals surface area contributed by atoms with Gasteiger partial charge in [0.2, 0.25) is 0 Å². The molecule has 0 rings (SSSR count). The van der Waals surface area contributed by atoms with E-state index in [4.69, 9.17) is 117 Å². The van der Waals surface area contributed by atoms with Crippen molar-refractivity contribution < 1.29 is 255 Å². The highest BCUT2D eigenvalue weighted by atomic mass is 32.1. The molecule has 0 aliphatic heterocycles. The van der Waals surface area contributed by atoms with Crippen molar-refractivity contribution in [1.29, 1.82) is 0 Å². The molecule has 0 radical (unpaired) electrons. The van der Waals surface area contributed by atoms with Crippen molar-refractivity contribution in [3.8, 4) is 0 Å². The number of hydrogen-bond acceptors (Lipinski definition) is 50. The van der Waals surface area contributed by atoms with Crippen LogP contribution < -0.4 is 0 Å². The molecule has 0 saturated heterocycles. The lowest BCUT2D eigenvalue weighted by atomic mass is 9.88. The maximum Gasteiger partial charge on any atom is 0.304 e. The van der Waals surface area contributed by atoms with Gasteiger partial charge in [0.1, 0.15) is 134 Å². The first-order valence-electron chi connectivity index (χ1n) is 48.1. The van der Waals surface area contributed by atoms with Crippen LogP contribution >= 0.6 is 12.6 Å². The first-order valence-corrected chi connectivity index (χ1v) is 47.7. The van der Waals surface area contributed by atoms with E-state index in [1.807, 2.05) is 0 Å².